The molecule has 0 fully saturated rings. The zero-order valence-corrected chi connectivity index (χ0v) is 23.8. The molecule has 0 amide bonds. The third-order valence-corrected chi connectivity index (χ3v) is 7.84. The van der Waals surface area contributed by atoms with Gasteiger partial charge in [-0.2, -0.15) is 5.26 Å². The maximum atomic E-state index is 10.7. The summed E-state index contributed by atoms with van der Waals surface area (Å²) in [7, 11) is 3.25. The van der Waals surface area contributed by atoms with Crippen molar-refractivity contribution in [3.8, 4) is 17.6 Å². The van der Waals surface area contributed by atoms with Gasteiger partial charge in [-0.1, -0.05) is 47.3 Å². The summed E-state index contributed by atoms with van der Waals surface area (Å²) in [5, 5.41) is 20.8. The molecule has 0 aliphatic carbocycles. The average molecular weight is 591 g/mol. The summed E-state index contributed by atoms with van der Waals surface area (Å²) in [6.45, 7) is 0. The molecular formula is C29H23ClN4O4S2. The second-order valence-electron chi connectivity index (χ2n) is 8.17. The number of benzene rings is 4. The van der Waals surface area contributed by atoms with Gasteiger partial charge in [0.2, 0.25) is 0 Å². The number of ether oxygens (including phenoxy) is 2. The van der Waals surface area contributed by atoms with Gasteiger partial charge in [-0.25, -0.2) is 0 Å². The lowest BCUT2D eigenvalue weighted by Crippen LogP contribution is -1.88. The van der Waals surface area contributed by atoms with E-state index in [-0.39, 0.29) is 10.7 Å². The van der Waals surface area contributed by atoms with Gasteiger partial charge in [0, 0.05) is 36.6 Å². The van der Waals surface area contributed by atoms with Crippen LogP contribution in [0.5, 0.6) is 11.5 Å². The number of nitro groups is 1. The van der Waals surface area contributed by atoms with Gasteiger partial charge in [-0.15, -0.1) is 0 Å². The van der Waals surface area contributed by atoms with E-state index in [1.165, 1.54) is 17.8 Å². The Morgan fingerprint density at radius 2 is 1.43 bits per heavy atom. The molecule has 3 N–H and O–H groups in total. The highest BCUT2D eigenvalue weighted by Crippen LogP contribution is 2.35. The molecule has 0 bridgehead atoms. The van der Waals surface area contributed by atoms with Crippen LogP contribution in [0.1, 0.15) is 5.56 Å². The van der Waals surface area contributed by atoms with E-state index in [1.54, 1.807) is 38.1 Å². The molecule has 1 heterocycles. The zero-order chi connectivity index (χ0) is 28.6. The first-order valence-electron chi connectivity index (χ1n) is 11.7. The number of nitrogen functional groups attached to an aromatic ring is 1. The van der Waals surface area contributed by atoms with E-state index in [2.05, 4.69) is 11.1 Å². The Bertz CT molecular complexity index is 1720. The van der Waals surface area contributed by atoms with E-state index < -0.39 is 4.92 Å². The lowest BCUT2D eigenvalue weighted by atomic mass is 10.2. The number of nitro benzene ring substituents is 1. The van der Waals surface area contributed by atoms with Gasteiger partial charge in [0.15, 0.2) is 0 Å². The minimum absolute atomic E-state index is 0.0864. The second-order valence-corrected chi connectivity index (χ2v) is 10.9. The Kier molecular flexibility index (Phi) is 9.45. The first kappa shape index (κ1) is 28.7. The van der Waals surface area contributed by atoms with Gasteiger partial charge in [0.05, 0.1) is 19.1 Å². The van der Waals surface area contributed by atoms with E-state index in [9.17, 15) is 15.4 Å². The number of hydrogen-bond donors (Lipinski definition) is 2. The van der Waals surface area contributed by atoms with Crippen molar-refractivity contribution in [2.24, 2.45) is 0 Å². The first-order valence-corrected chi connectivity index (χ1v) is 13.7. The number of nitrogens with one attached hydrogen (secondary N) is 1. The number of aromatic nitrogens is 1. The Morgan fingerprint density at radius 3 is 1.95 bits per heavy atom. The fourth-order valence-corrected chi connectivity index (χ4v) is 5.80. The summed E-state index contributed by atoms with van der Waals surface area (Å²) in [5.74, 6) is 2.00. The van der Waals surface area contributed by atoms with Gasteiger partial charge in [0.25, 0.3) is 5.69 Å². The summed E-state index contributed by atoms with van der Waals surface area (Å²) >= 11 is 8.95. The molecule has 0 saturated carbocycles. The van der Waals surface area contributed by atoms with Gasteiger partial charge in [-0.05, 0) is 66.7 Å². The standard InChI is InChI=1S/C16H13N3OS.C13H10ClNO3S/c1-20-10-3-2-4-11(7-10)21-12-5-6-15-13(8-12)14(9-17)16(18)19-15;1-18-9-3-2-4-10(7-9)19-11-5-6-13(15(16)17)12(14)8-11/h2-8,19H,18H2,1H3;2-8H,1H3. The normalized spacial score (nSPS) is 10.3. The Labute approximate surface area is 244 Å². The van der Waals surface area contributed by atoms with Crippen LogP contribution < -0.4 is 15.2 Å². The molecule has 0 saturated heterocycles. The first-order chi connectivity index (χ1) is 19.3. The van der Waals surface area contributed by atoms with Gasteiger partial charge < -0.3 is 20.2 Å². The molecule has 202 valence electrons. The second kappa shape index (κ2) is 13.2. The van der Waals surface area contributed by atoms with Crippen molar-refractivity contribution in [3.63, 3.8) is 0 Å². The summed E-state index contributed by atoms with van der Waals surface area (Å²) in [6.07, 6.45) is 0. The van der Waals surface area contributed by atoms with Crippen LogP contribution in [0.4, 0.5) is 11.5 Å². The Balaban J connectivity index is 0.000000186. The maximum Gasteiger partial charge on any atom is 0.287 e. The predicted molar refractivity (Wildman–Crippen MR) is 160 cm³/mol. The lowest BCUT2D eigenvalue weighted by Gasteiger charge is -2.05. The number of hydrogen-bond acceptors (Lipinski definition) is 8. The van der Waals surface area contributed by atoms with Crippen LogP contribution in [0.2, 0.25) is 5.02 Å². The van der Waals surface area contributed by atoms with Crippen LogP contribution in [0.3, 0.4) is 0 Å². The highest BCUT2D eigenvalue weighted by molar-refractivity contribution is 7.99. The molecule has 11 heteroatoms. The molecule has 0 radical (unpaired) electrons. The van der Waals surface area contributed by atoms with Crippen LogP contribution in [0, 0.1) is 21.4 Å². The number of rotatable bonds is 7. The number of nitriles is 1. The molecule has 0 unspecified atom stereocenters. The number of H-pyrrole nitrogens is 1. The van der Waals surface area contributed by atoms with Gasteiger partial charge in [0.1, 0.15) is 34.0 Å². The van der Waals surface area contributed by atoms with E-state index in [0.29, 0.717) is 11.4 Å². The third kappa shape index (κ3) is 7.01. The van der Waals surface area contributed by atoms with Crippen molar-refractivity contribution in [1.29, 1.82) is 5.26 Å². The lowest BCUT2D eigenvalue weighted by molar-refractivity contribution is -0.384. The molecule has 0 spiro atoms. The molecule has 40 heavy (non-hydrogen) atoms. The number of aromatic amines is 1. The molecule has 5 aromatic rings. The van der Waals surface area contributed by atoms with Crippen LogP contribution in [-0.2, 0) is 0 Å². The largest absolute Gasteiger partial charge is 0.497 e. The third-order valence-electron chi connectivity index (χ3n) is 5.58. The number of fused-ring (bicyclic) bond motifs is 1. The average Bonchev–Trinajstić information content (AvgIpc) is 3.27. The van der Waals surface area contributed by atoms with Crippen molar-refractivity contribution in [2.45, 2.75) is 19.6 Å². The van der Waals surface area contributed by atoms with Gasteiger partial charge in [-0.3, -0.25) is 10.1 Å². The Hall–Kier alpha value is -4.30. The van der Waals surface area contributed by atoms with Gasteiger partial charge >= 0.3 is 0 Å². The fourth-order valence-electron chi connectivity index (χ4n) is 3.68. The van der Waals surface area contributed by atoms with Crippen LogP contribution in [0.25, 0.3) is 10.9 Å². The van der Waals surface area contributed by atoms with Crippen molar-refractivity contribution >= 4 is 57.5 Å². The van der Waals surface area contributed by atoms with Crippen LogP contribution in [-0.4, -0.2) is 24.1 Å². The summed E-state index contributed by atoms with van der Waals surface area (Å²) in [6, 6.07) is 28.2. The number of methoxy groups -OCH3 is 2. The number of anilines is 1. The molecular weight excluding hydrogens is 568 g/mol. The van der Waals surface area contributed by atoms with Crippen LogP contribution >= 0.6 is 35.1 Å². The van der Waals surface area contributed by atoms with E-state index in [4.69, 9.17) is 26.8 Å². The smallest absolute Gasteiger partial charge is 0.287 e. The van der Waals surface area contributed by atoms with E-state index in [0.717, 1.165) is 42.0 Å². The highest BCUT2D eigenvalue weighted by atomic mass is 35.5. The van der Waals surface area contributed by atoms with Crippen LogP contribution in [0.15, 0.2) is 105 Å². The maximum absolute atomic E-state index is 10.7. The SMILES string of the molecule is COc1cccc(Sc2ccc([N+](=O)[O-])c(Cl)c2)c1.COc1cccc(Sc2ccc3[nH]c(N)c(C#N)c3c2)c1. The Morgan fingerprint density at radius 1 is 0.875 bits per heavy atom. The number of nitrogens with two attached hydrogens (primary N) is 1. The monoisotopic (exact) mass is 590 g/mol. The molecule has 5 rings (SSSR count). The predicted octanol–water partition coefficient (Wildman–Crippen LogP) is 8.19. The summed E-state index contributed by atoms with van der Waals surface area (Å²) < 4.78 is 10.4. The van der Waals surface area contributed by atoms with Crippen molar-refractivity contribution in [1.82, 2.24) is 4.98 Å². The number of nitrogens with zero attached hydrogens (tertiary/aromatic N) is 2. The fraction of sp³-hybridized carbons (Fsp3) is 0.0690. The van der Waals surface area contributed by atoms with Crippen molar-refractivity contribution < 1.29 is 14.4 Å². The minimum Gasteiger partial charge on any atom is -0.497 e. The molecule has 1 aromatic heterocycles. The highest BCUT2D eigenvalue weighted by Gasteiger charge is 2.13. The molecule has 8 nitrogen and oxygen atoms in total. The zero-order valence-electron chi connectivity index (χ0n) is 21.4. The summed E-state index contributed by atoms with van der Waals surface area (Å²) in [5.41, 5.74) is 7.09. The van der Waals surface area contributed by atoms with E-state index in [1.807, 2.05) is 66.7 Å². The quantitative estimate of drug-likeness (QED) is 0.143. The molecule has 0 aliphatic heterocycles. The minimum atomic E-state index is -0.498. The van der Waals surface area contributed by atoms with E-state index >= 15 is 0 Å². The topological polar surface area (TPSA) is 127 Å². The van der Waals surface area contributed by atoms with Crippen molar-refractivity contribution in [3.05, 3.63) is 106 Å². The summed E-state index contributed by atoms with van der Waals surface area (Å²) in [4.78, 5) is 17.1. The number of halogens is 1. The molecule has 0 atom stereocenters. The molecule has 0 aliphatic rings. The molecule has 4 aromatic carbocycles. The van der Waals surface area contributed by atoms with Crippen molar-refractivity contribution in [2.75, 3.05) is 20.0 Å².